The van der Waals surface area contributed by atoms with Crippen molar-refractivity contribution < 1.29 is 54.4 Å². The van der Waals surface area contributed by atoms with Gasteiger partial charge in [0.15, 0.2) is 12.6 Å². The van der Waals surface area contributed by atoms with Crippen molar-refractivity contribution >= 4 is 5.91 Å². The van der Waals surface area contributed by atoms with Crippen LogP contribution in [0.3, 0.4) is 0 Å². The zero-order valence-electron chi connectivity index (χ0n) is 25.3. The number of amides is 1. The lowest BCUT2D eigenvalue weighted by molar-refractivity contribution is -0.317. The average molecular weight is 655 g/mol. The Bertz CT molecular complexity index is 900. The van der Waals surface area contributed by atoms with Crippen molar-refractivity contribution in [2.45, 2.75) is 111 Å². The molecule has 3 fully saturated rings. The van der Waals surface area contributed by atoms with E-state index in [1.165, 1.54) is 0 Å². The number of nitrogens with one attached hydrogen (secondary N) is 2. The number of carbonyl (C=O) groups excluding carboxylic acids is 1. The Morgan fingerprint density at radius 3 is 2.22 bits per heavy atom. The van der Waals surface area contributed by atoms with Crippen molar-refractivity contribution in [2.24, 2.45) is 40.3 Å². The van der Waals surface area contributed by atoms with E-state index in [1.54, 1.807) is 0 Å². The van der Waals surface area contributed by atoms with Gasteiger partial charge in [-0.15, -0.1) is 0 Å². The summed E-state index contributed by atoms with van der Waals surface area (Å²) in [4.78, 5) is 13.1. The molecule has 0 spiro atoms. The Morgan fingerprint density at radius 1 is 0.911 bits per heavy atom. The average Bonchev–Trinajstić information content (AvgIpc) is 3.03. The van der Waals surface area contributed by atoms with Crippen LogP contribution in [-0.2, 0) is 23.7 Å². The van der Waals surface area contributed by atoms with E-state index in [0.717, 1.165) is 0 Å². The lowest BCUT2D eigenvalue weighted by atomic mass is 9.74. The van der Waals surface area contributed by atoms with Gasteiger partial charge in [-0.1, -0.05) is 0 Å². The molecule has 0 aromatic carbocycles. The van der Waals surface area contributed by atoms with Gasteiger partial charge in [-0.05, 0) is 25.8 Å². The van der Waals surface area contributed by atoms with Gasteiger partial charge in [0.1, 0.15) is 42.7 Å². The smallest absolute Gasteiger partial charge is 0.249 e. The monoisotopic (exact) mass is 654 g/mol. The second kappa shape index (κ2) is 17.8. The Morgan fingerprint density at radius 2 is 1.60 bits per heavy atom. The Labute approximate surface area is 261 Å². The number of hydrogen-bond donors (Lipinski definition) is 14. The number of aliphatic hydroxyl groups is 6. The van der Waals surface area contributed by atoms with E-state index in [2.05, 4.69) is 10.6 Å². The highest BCUT2D eigenvalue weighted by atomic mass is 16.7. The fourth-order valence-electron chi connectivity index (χ4n) is 5.91. The number of ether oxygens (including phenoxy) is 4. The van der Waals surface area contributed by atoms with Crippen molar-refractivity contribution in [3.05, 3.63) is 0 Å². The van der Waals surface area contributed by atoms with Crippen LogP contribution in [0, 0.1) is 5.92 Å². The quantitative estimate of drug-likeness (QED) is 0.0779. The zero-order chi connectivity index (χ0) is 33.4. The maximum atomic E-state index is 13.1. The molecule has 2 saturated heterocycles. The van der Waals surface area contributed by atoms with E-state index in [0.29, 0.717) is 12.8 Å². The largest absolute Gasteiger partial charge is 0.394 e. The van der Waals surface area contributed by atoms with Gasteiger partial charge in [0.05, 0.1) is 36.9 Å². The van der Waals surface area contributed by atoms with Crippen LogP contribution in [0.2, 0.25) is 0 Å². The summed E-state index contributed by atoms with van der Waals surface area (Å²) in [6.45, 7) is -0.389. The van der Waals surface area contributed by atoms with Gasteiger partial charge in [0, 0.05) is 38.1 Å². The summed E-state index contributed by atoms with van der Waals surface area (Å²) in [6, 6.07) is -4.08. The minimum absolute atomic E-state index is 0.00943. The van der Waals surface area contributed by atoms with Crippen molar-refractivity contribution in [3.8, 4) is 0 Å². The molecule has 2 aliphatic heterocycles. The van der Waals surface area contributed by atoms with Crippen molar-refractivity contribution in [2.75, 3.05) is 39.3 Å². The molecule has 0 radical (unpaired) electrons. The summed E-state index contributed by atoms with van der Waals surface area (Å²) in [5.74, 6) is -1.65. The van der Waals surface area contributed by atoms with Crippen LogP contribution in [0.1, 0.15) is 19.3 Å². The van der Waals surface area contributed by atoms with Crippen LogP contribution in [0.5, 0.6) is 0 Å². The normalized spacial score (nSPS) is 42.2. The van der Waals surface area contributed by atoms with Crippen molar-refractivity contribution in [3.63, 3.8) is 0 Å². The third-order valence-electron chi connectivity index (χ3n) is 8.73. The van der Waals surface area contributed by atoms with E-state index < -0.39 is 104 Å². The van der Waals surface area contributed by atoms with Crippen LogP contribution in [0.15, 0.2) is 0 Å². The lowest BCUT2D eigenvalue weighted by Gasteiger charge is -2.51. The maximum Gasteiger partial charge on any atom is 0.249 e. The predicted molar refractivity (Wildman–Crippen MR) is 157 cm³/mol. The molecule has 0 aromatic rings. The highest BCUT2D eigenvalue weighted by Gasteiger charge is 2.54. The van der Waals surface area contributed by atoms with Gasteiger partial charge >= 0.3 is 0 Å². The van der Waals surface area contributed by atoms with Gasteiger partial charge in [0.2, 0.25) is 5.91 Å². The van der Waals surface area contributed by atoms with Gasteiger partial charge in [-0.2, -0.15) is 0 Å². The molecule has 1 saturated carbocycles. The maximum absolute atomic E-state index is 13.1. The zero-order valence-corrected chi connectivity index (χ0v) is 25.3. The molecule has 0 aromatic heterocycles. The summed E-state index contributed by atoms with van der Waals surface area (Å²) in [7, 11) is 0. The molecular weight excluding hydrogens is 600 g/mol. The van der Waals surface area contributed by atoms with Gasteiger partial charge < -0.3 is 94.6 Å². The van der Waals surface area contributed by atoms with Crippen LogP contribution < -0.4 is 45.0 Å². The fourth-order valence-corrected chi connectivity index (χ4v) is 5.91. The van der Waals surface area contributed by atoms with E-state index in [4.69, 9.17) is 53.3 Å². The highest BCUT2D eigenvalue weighted by molar-refractivity contribution is 5.80. The number of aliphatic hydroxyl groups excluding tert-OH is 6. The van der Waals surface area contributed by atoms with Crippen molar-refractivity contribution in [1.29, 1.82) is 0 Å². The molecular formula is C26H54N8O11. The predicted octanol–water partition coefficient (Wildman–Crippen LogP) is -8.26. The topological polar surface area (TPSA) is 356 Å². The number of carbonyl (C=O) groups is 1. The first-order valence-electron chi connectivity index (χ1n) is 15.4. The van der Waals surface area contributed by atoms with Gasteiger partial charge in [-0.25, -0.2) is 0 Å². The first-order chi connectivity index (χ1) is 21.4. The Hall–Kier alpha value is -1.21. The van der Waals surface area contributed by atoms with Crippen LogP contribution in [-0.4, -0.2) is 168 Å². The second-order valence-electron chi connectivity index (χ2n) is 12.0. The molecule has 1 amide bonds. The second-order valence-corrected chi connectivity index (χ2v) is 12.0. The van der Waals surface area contributed by atoms with E-state index in [1.807, 2.05) is 0 Å². The summed E-state index contributed by atoms with van der Waals surface area (Å²) in [5, 5.41) is 68.8. The molecule has 16 atom stereocenters. The van der Waals surface area contributed by atoms with Crippen LogP contribution in [0.4, 0.5) is 0 Å². The van der Waals surface area contributed by atoms with E-state index in [9.17, 15) is 35.4 Å². The van der Waals surface area contributed by atoms with Gasteiger partial charge in [-0.3, -0.25) is 4.79 Å². The van der Waals surface area contributed by atoms with Crippen LogP contribution >= 0.6 is 0 Å². The Balaban J connectivity index is 1.99. The number of hydrogen-bond acceptors (Lipinski definition) is 18. The minimum Gasteiger partial charge on any atom is -0.394 e. The molecule has 264 valence electrons. The molecule has 0 bridgehead atoms. The molecule has 19 nitrogen and oxygen atoms in total. The number of nitrogens with two attached hydrogens (primary N) is 6. The van der Waals surface area contributed by atoms with E-state index >= 15 is 0 Å². The minimum atomic E-state index is -1.62. The third kappa shape index (κ3) is 9.45. The molecule has 8 unspecified atom stereocenters. The van der Waals surface area contributed by atoms with E-state index in [-0.39, 0.29) is 45.2 Å². The molecule has 1 aliphatic carbocycles. The fraction of sp³-hybridized carbons (Fsp3) is 0.962. The Kier molecular flexibility index (Phi) is 15.1. The van der Waals surface area contributed by atoms with Gasteiger partial charge in [0.25, 0.3) is 0 Å². The molecule has 45 heavy (non-hydrogen) atoms. The van der Waals surface area contributed by atoms with Crippen LogP contribution in [0.25, 0.3) is 0 Å². The first kappa shape index (κ1) is 38.2. The molecule has 19 heteroatoms. The molecule has 20 N–H and O–H groups in total. The summed E-state index contributed by atoms with van der Waals surface area (Å²) >= 11 is 0. The number of rotatable bonds is 15. The SMILES string of the molecule is NCC[C@H](O)C(=O)N[C@@H]1C(CNCC(O)CN)[C@H](N)C(O[C@H]2OC(CN)CCC2N)C(O)[C@H]1O[C@H]1OC(CO)[C@@H](O)[C@H](N)C1O. The summed E-state index contributed by atoms with van der Waals surface area (Å²) in [6.07, 6.45) is -12.9. The summed E-state index contributed by atoms with van der Waals surface area (Å²) in [5.41, 5.74) is 35.8. The molecule has 2 heterocycles. The highest BCUT2D eigenvalue weighted by Crippen LogP contribution is 2.34. The first-order valence-corrected chi connectivity index (χ1v) is 15.4. The lowest BCUT2D eigenvalue weighted by Crippen LogP contribution is -2.73. The third-order valence-corrected chi connectivity index (χ3v) is 8.73. The van der Waals surface area contributed by atoms with Crippen molar-refractivity contribution in [1.82, 2.24) is 10.6 Å². The standard InChI is InChI=1S/C26H54N8O11/c27-4-3-14(37)24(41)34-18-12(8-33-7-10(36)5-28)16(31)22(44-25-13(30)2-1-11(6-29)42-25)21(40)23(18)45-26-20(39)17(32)19(38)15(9-35)43-26/h10-23,25-26,33,35-40H,1-9,27-32H2,(H,34,41)/t10?,11?,12?,13?,14-,15?,16-,17-,18+,19+,20?,21?,22?,23-,25+,26+/m0/s1. The molecule has 3 rings (SSSR count). The molecule has 3 aliphatic rings. The summed E-state index contributed by atoms with van der Waals surface area (Å²) < 4.78 is 23.8.